The van der Waals surface area contributed by atoms with Crippen molar-refractivity contribution >= 4 is 28.6 Å². The van der Waals surface area contributed by atoms with Crippen molar-refractivity contribution in [3.05, 3.63) is 40.6 Å². The van der Waals surface area contributed by atoms with Crippen LogP contribution in [0.5, 0.6) is 5.75 Å². The third kappa shape index (κ3) is 2.57. The van der Waals surface area contributed by atoms with Crippen molar-refractivity contribution in [2.45, 2.75) is 0 Å². The van der Waals surface area contributed by atoms with Gasteiger partial charge in [-0.15, -0.1) is 0 Å². The van der Waals surface area contributed by atoms with Gasteiger partial charge in [0.25, 0.3) is 5.91 Å². The Labute approximate surface area is 103 Å². The van der Waals surface area contributed by atoms with Gasteiger partial charge < -0.3 is 15.8 Å². The third-order valence-electron chi connectivity index (χ3n) is 2.27. The molecule has 0 aliphatic heterocycles. The molecule has 2 rings (SSSR count). The second kappa shape index (κ2) is 4.88. The average molecular weight is 248 g/mol. The predicted octanol–water partition coefficient (Wildman–Crippen LogP) is 2.59. The molecular formula is C12H12N2O2S. The molecule has 0 atom stereocenters. The number of carbonyl (C=O) groups is 1. The van der Waals surface area contributed by atoms with Crippen molar-refractivity contribution in [3.63, 3.8) is 0 Å². The first-order chi connectivity index (χ1) is 8.20. The number of carbonyl (C=O) groups excluding carboxylic acids is 1. The Bertz CT molecular complexity index is 523. The molecule has 1 heterocycles. The number of rotatable bonds is 3. The first kappa shape index (κ1) is 11.5. The second-order valence-corrected chi connectivity index (χ2v) is 4.20. The molecule has 0 spiro atoms. The number of methoxy groups -OCH3 is 1. The van der Waals surface area contributed by atoms with Crippen LogP contribution in [0.3, 0.4) is 0 Å². The molecular weight excluding hydrogens is 236 g/mol. The quantitative estimate of drug-likeness (QED) is 0.820. The van der Waals surface area contributed by atoms with Crippen LogP contribution in [0, 0.1) is 0 Å². The highest BCUT2D eigenvalue weighted by molar-refractivity contribution is 7.08. The molecule has 17 heavy (non-hydrogen) atoms. The van der Waals surface area contributed by atoms with Gasteiger partial charge in [0, 0.05) is 11.1 Å². The molecule has 0 aliphatic rings. The van der Waals surface area contributed by atoms with Crippen LogP contribution in [0.15, 0.2) is 35.0 Å². The number of hydrogen-bond acceptors (Lipinski definition) is 4. The lowest BCUT2D eigenvalue weighted by Gasteiger charge is -2.08. The highest BCUT2D eigenvalue weighted by Gasteiger charge is 2.07. The Morgan fingerprint density at radius 1 is 1.41 bits per heavy atom. The maximum absolute atomic E-state index is 11.8. The molecule has 88 valence electrons. The highest BCUT2D eigenvalue weighted by Crippen LogP contribution is 2.24. The summed E-state index contributed by atoms with van der Waals surface area (Å²) in [5.41, 5.74) is 7.54. The molecule has 5 heteroatoms. The van der Waals surface area contributed by atoms with E-state index in [4.69, 9.17) is 10.5 Å². The molecule has 0 saturated carbocycles. The van der Waals surface area contributed by atoms with E-state index in [2.05, 4.69) is 5.32 Å². The number of nitrogens with one attached hydrogen (secondary N) is 1. The van der Waals surface area contributed by atoms with Crippen molar-refractivity contribution in [1.29, 1.82) is 0 Å². The van der Waals surface area contributed by atoms with Crippen molar-refractivity contribution in [2.24, 2.45) is 0 Å². The van der Waals surface area contributed by atoms with Crippen LogP contribution in [-0.4, -0.2) is 13.0 Å². The van der Waals surface area contributed by atoms with E-state index in [0.29, 0.717) is 22.7 Å². The molecule has 1 amide bonds. The van der Waals surface area contributed by atoms with Gasteiger partial charge in [-0.3, -0.25) is 4.79 Å². The molecule has 3 N–H and O–H groups in total. The standard InChI is InChI=1S/C12H12N2O2S/c1-16-11-3-2-9(6-10(11)13)14-12(15)8-4-5-17-7-8/h2-7H,13H2,1H3,(H,14,15). The van der Waals surface area contributed by atoms with Crippen LogP contribution in [0.25, 0.3) is 0 Å². The summed E-state index contributed by atoms with van der Waals surface area (Å²) in [6.45, 7) is 0. The van der Waals surface area contributed by atoms with Crippen LogP contribution in [0.4, 0.5) is 11.4 Å². The average Bonchev–Trinajstić information content (AvgIpc) is 2.82. The number of benzene rings is 1. The summed E-state index contributed by atoms with van der Waals surface area (Å²) in [4.78, 5) is 11.8. The fourth-order valence-electron chi connectivity index (χ4n) is 1.41. The Kier molecular flexibility index (Phi) is 3.30. The van der Waals surface area contributed by atoms with Gasteiger partial charge in [0.2, 0.25) is 0 Å². The number of amides is 1. The van der Waals surface area contributed by atoms with Crippen molar-refractivity contribution < 1.29 is 9.53 Å². The molecule has 0 radical (unpaired) electrons. The second-order valence-electron chi connectivity index (χ2n) is 3.42. The zero-order valence-electron chi connectivity index (χ0n) is 9.27. The fourth-order valence-corrected chi connectivity index (χ4v) is 2.04. The van der Waals surface area contributed by atoms with Crippen LogP contribution < -0.4 is 15.8 Å². The van der Waals surface area contributed by atoms with Crippen molar-refractivity contribution in [1.82, 2.24) is 0 Å². The minimum absolute atomic E-state index is 0.143. The number of anilines is 2. The zero-order valence-corrected chi connectivity index (χ0v) is 10.1. The van der Waals surface area contributed by atoms with E-state index in [9.17, 15) is 4.79 Å². The minimum Gasteiger partial charge on any atom is -0.495 e. The summed E-state index contributed by atoms with van der Waals surface area (Å²) in [7, 11) is 1.55. The topological polar surface area (TPSA) is 64.3 Å². The molecule has 0 saturated heterocycles. The summed E-state index contributed by atoms with van der Waals surface area (Å²) in [5.74, 6) is 0.453. The van der Waals surface area contributed by atoms with Gasteiger partial charge >= 0.3 is 0 Å². The molecule has 0 unspecified atom stereocenters. The molecule has 0 fully saturated rings. The normalized spacial score (nSPS) is 9.94. The van der Waals surface area contributed by atoms with Crippen LogP contribution in [-0.2, 0) is 0 Å². The number of hydrogen-bond donors (Lipinski definition) is 2. The number of thiophene rings is 1. The van der Waals surface area contributed by atoms with E-state index in [0.717, 1.165) is 0 Å². The van der Waals surface area contributed by atoms with Crippen LogP contribution in [0.1, 0.15) is 10.4 Å². The Hall–Kier alpha value is -2.01. The van der Waals surface area contributed by atoms with Crippen molar-refractivity contribution in [3.8, 4) is 5.75 Å². The van der Waals surface area contributed by atoms with Gasteiger partial charge in [0.05, 0.1) is 18.4 Å². The maximum Gasteiger partial charge on any atom is 0.256 e. The van der Waals surface area contributed by atoms with Crippen LogP contribution in [0.2, 0.25) is 0 Å². The van der Waals surface area contributed by atoms with E-state index < -0.39 is 0 Å². The molecule has 1 aromatic heterocycles. The van der Waals surface area contributed by atoms with Gasteiger partial charge in [0.1, 0.15) is 5.75 Å². The maximum atomic E-state index is 11.8. The first-order valence-electron chi connectivity index (χ1n) is 4.98. The lowest BCUT2D eigenvalue weighted by atomic mass is 10.2. The number of nitrogens with two attached hydrogens (primary N) is 1. The predicted molar refractivity (Wildman–Crippen MR) is 69.7 cm³/mol. The van der Waals surface area contributed by atoms with Gasteiger partial charge in [-0.05, 0) is 29.6 Å². The molecule has 0 bridgehead atoms. The molecule has 0 aliphatic carbocycles. The Morgan fingerprint density at radius 2 is 2.24 bits per heavy atom. The Balaban J connectivity index is 2.14. The summed E-state index contributed by atoms with van der Waals surface area (Å²) < 4.78 is 5.04. The SMILES string of the molecule is COc1ccc(NC(=O)c2ccsc2)cc1N. The fraction of sp³-hybridized carbons (Fsp3) is 0.0833. The number of nitrogen functional groups attached to an aromatic ring is 1. The lowest BCUT2D eigenvalue weighted by molar-refractivity contribution is 0.102. The summed E-state index contributed by atoms with van der Waals surface area (Å²) in [6, 6.07) is 6.91. The van der Waals surface area contributed by atoms with E-state index in [1.807, 2.05) is 5.38 Å². The van der Waals surface area contributed by atoms with Gasteiger partial charge in [-0.25, -0.2) is 0 Å². The summed E-state index contributed by atoms with van der Waals surface area (Å²) >= 11 is 1.48. The largest absolute Gasteiger partial charge is 0.495 e. The van der Waals surface area contributed by atoms with Crippen molar-refractivity contribution in [2.75, 3.05) is 18.2 Å². The summed E-state index contributed by atoms with van der Waals surface area (Å²) in [6.07, 6.45) is 0. The zero-order chi connectivity index (χ0) is 12.3. The smallest absolute Gasteiger partial charge is 0.256 e. The first-order valence-corrected chi connectivity index (χ1v) is 5.92. The van der Waals surface area contributed by atoms with E-state index in [1.165, 1.54) is 11.3 Å². The lowest BCUT2D eigenvalue weighted by Crippen LogP contribution is -2.11. The third-order valence-corrected chi connectivity index (χ3v) is 2.95. The Morgan fingerprint density at radius 3 is 2.82 bits per heavy atom. The minimum atomic E-state index is -0.143. The van der Waals surface area contributed by atoms with Gasteiger partial charge in [-0.2, -0.15) is 11.3 Å². The summed E-state index contributed by atoms with van der Waals surface area (Å²) in [5, 5.41) is 6.42. The highest BCUT2D eigenvalue weighted by atomic mass is 32.1. The monoisotopic (exact) mass is 248 g/mol. The molecule has 4 nitrogen and oxygen atoms in total. The molecule has 2 aromatic rings. The van der Waals surface area contributed by atoms with Gasteiger partial charge in [0.15, 0.2) is 0 Å². The van der Waals surface area contributed by atoms with Crippen LogP contribution >= 0.6 is 11.3 Å². The number of ether oxygens (including phenoxy) is 1. The van der Waals surface area contributed by atoms with E-state index in [-0.39, 0.29) is 5.91 Å². The van der Waals surface area contributed by atoms with E-state index in [1.54, 1.807) is 36.8 Å². The molecule has 1 aromatic carbocycles. The van der Waals surface area contributed by atoms with E-state index >= 15 is 0 Å². The van der Waals surface area contributed by atoms with Gasteiger partial charge in [-0.1, -0.05) is 0 Å².